The van der Waals surface area contributed by atoms with Gasteiger partial charge in [-0.05, 0) is 67.2 Å². The summed E-state index contributed by atoms with van der Waals surface area (Å²) in [6.45, 7) is 3.30. The molecule has 0 fully saturated rings. The second-order valence-electron chi connectivity index (χ2n) is 5.94. The number of tetrazole rings is 1. The first kappa shape index (κ1) is 19.6. The van der Waals surface area contributed by atoms with Crippen molar-refractivity contribution >= 4 is 21.6 Å². The monoisotopic (exact) mass is 404 g/mol. The van der Waals surface area contributed by atoms with E-state index in [0.29, 0.717) is 17.1 Å². The molecule has 0 unspecified atom stereocenters. The Kier molecular flexibility index (Phi) is 5.21. The zero-order chi connectivity index (χ0) is 20.5. The van der Waals surface area contributed by atoms with E-state index >= 15 is 0 Å². The van der Waals surface area contributed by atoms with Gasteiger partial charge in [0.15, 0.2) is 5.82 Å². The Morgan fingerprint density at radius 1 is 1.14 bits per heavy atom. The highest BCUT2D eigenvalue weighted by molar-refractivity contribution is 7.89. The number of carbonyl (C=O) groups excluding carboxylic acids is 1. The Labute approximate surface area is 160 Å². The van der Waals surface area contributed by atoms with E-state index in [0.717, 1.165) is 0 Å². The van der Waals surface area contributed by atoms with Crippen LogP contribution in [-0.4, -0.2) is 41.6 Å². The summed E-state index contributed by atoms with van der Waals surface area (Å²) >= 11 is 0. The number of hydrogen-bond acceptors (Lipinski definition) is 6. The number of sulfonamides is 1. The topological polar surface area (TPSA) is 119 Å². The highest BCUT2D eigenvalue weighted by Crippen LogP contribution is 2.21. The second-order valence-corrected chi connectivity index (χ2v) is 7.83. The van der Waals surface area contributed by atoms with Gasteiger partial charge in [-0.15, -0.1) is 5.10 Å². The molecule has 0 saturated carbocycles. The summed E-state index contributed by atoms with van der Waals surface area (Å²) in [4.78, 5) is 12.7. The summed E-state index contributed by atoms with van der Waals surface area (Å²) in [6, 6.07) is 8.20. The lowest BCUT2D eigenvalue weighted by Gasteiger charge is -2.11. The van der Waals surface area contributed by atoms with Gasteiger partial charge in [-0.25, -0.2) is 17.5 Å². The molecule has 9 nitrogen and oxygen atoms in total. The van der Waals surface area contributed by atoms with Crippen molar-refractivity contribution in [3.63, 3.8) is 0 Å². The zero-order valence-electron chi connectivity index (χ0n) is 15.3. The third kappa shape index (κ3) is 3.75. The van der Waals surface area contributed by atoms with Crippen molar-refractivity contribution in [2.45, 2.75) is 18.7 Å². The van der Waals surface area contributed by atoms with Crippen LogP contribution in [0.25, 0.3) is 5.69 Å². The number of carbonyl (C=O) groups is 1. The fourth-order valence-electron chi connectivity index (χ4n) is 2.54. The van der Waals surface area contributed by atoms with Crippen LogP contribution < -0.4 is 10.0 Å². The third-order valence-electron chi connectivity index (χ3n) is 4.09. The Morgan fingerprint density at radius 2 is 1.89 bits per heavy atom. The number of aromatic nitrogens is 4. The van der Waals surface area contributed by atoms with Crippen molar-refractivity contribution in [2.75, 3.05) is 12.4 Å². The number of aryl methyl sites for hydroxylation is 2. The molecule has 3 aromatic rings. The molecule has 0 saturated heterocycles. The van der Waals surface area contributed by atoms with E-state index in [1.807, 2.05) is 0 Å². The van der Waals surface area contributed by atoms with Crippen LogP contribution in [0.2, 0.25) is 0 Å². The summed E-state index contributed by atoms with van der Waals surface area (Å²) in [5, 5.41) is 13.5. The summed E-state index contributed by atoms with van der Waals surface area (Å²) in [5.74, 6) is -0.716. The maximum atomic E-state index is 14.2. The molecule has 0 spiro atoms. The van der Waals surface area contributed by atoms with E-state index in [4.69, 9.17) is 0 Å². The third-order valence-corrected chi connectivity index (χ3v) is 5.50. The SMILES string of the molecule is CNS(=O)(=O)c1ccc(C)c(C(=O)Nc2ccc(F)c(-n3nnnc3C)c2)c1. The minimum atomic E-state index is -3.70. The lowest BCUT2D eigenvalue weighted by Crippen LogP contribution is -2.20. The van der Waals surface area contributed by atoms with Crippen LogP contribution in [0, 0.1) is 19.7 Å². The van der Waals surface area contributed by atoms with Crippen LogP contribution in [-0.2, 0) is 10.0 Å². The van der Waals surface area contributed by atoms with Gasteiger partial charge in [-0.1, -0.05) is 6.07 Å². The minimum absolute atomic E-state index is 0.0325. The number of amides is 1. The molecule has 1 heterocycles. The van der Waals surface area contributed by atoms with Crippen molar-refractivity contribution in [3.8, 4) is 5.69 Å². The Bertz CT molecular complexity index is 1160. The fourth-order valence-corrected chi connectivity index (χ4v) is 3.29. The molecule has 0 aliphatic heterocycles. The van der Waals surface area contributed by atoms with Crippen molar-refractivity contribution in [1.82, 2.24) is 24.9 Å². The van der Waals surface area contributed by atoms with Crippen LogP contribution in [0.5, 0.6) is 0 Å². The molecule has 2 aromatic carbocycles. The first-order chi connectivity index (χ1) is 13.2. The average Bonchev–Trinajstić information content (AvgIpc) is 3.09. The highest BCUT2D eigenvalue weighted by Gasteiger charge is 2.18. The molecule has 0 bridgehead atoms. The second kappa shape index (κ2) is 7.44. The minimum Gasteiger partial charge on any atom is -0.322 e. The van der Waals surface area contributed by atoms with E-state index in [-0.39, 0.29) is 16.1 Å². The molecule has 0 aliphatic rings. The van der Waals surface area contributed by atoms with E-state index < -0.39 is 21.7 Å². The highest BCUT2D eigenvalue weighted by atomic mass is 32.2. The van der Waals surface area contributed by atoms with Crippen LogP contribution in [0.3, 0.4) is 0 Å². The molecule has 0 aliphatic carbocycles. The molecule has 0 radical (unpaired) electrons. The van der Waals surface area contributed by atoms with Gasteiger partial charge in [0.1, 0.15) is 11.5 Å². The molecule has 146 valence electrons. The van der Waals surface area contributed by atoms with Gasteiger partial charge in [0.05, 0.1) is 4.90 Å². The predicted molar refractivity (Wildman–Crippen MR) is 99.2 cm³/mol. The van der Waals surface area contributed by atoms with Gasteiger partial charge >= 0.3 is 0 Å². The van der Waals surface area contributed by atoms with Crippen molar-refractivity contribution in [2.24, 2.45) is 0 Å². The van der Waals surface area contributed by atoms with Crippen LogP contribution >= 0.6 is 0 Å². The molecule has 0 atom stereocenters. The molecule has 2 N–H and O–H groups in total. The summed E-state index contributed by atoms with van der Waals surface area (Å²) in [5.41, 5.74) is 1.15. The van der Waals surface area contributed by atoms with E-state index in [2.05, 4.69) is 25.6 Å². The quantitative estimate of drug-likeness (QED) is 0.666. The van der Waals surface area contributed by atoms with E-state index in [9.17, 15) is 17.6 Å². The van der Waals surface area contributed by atoms with E-state index in [1.165, 1.54) is 42.1 Å². The van der Waals surface area contributed by atoms with Crippen molar-refractivity contribution in [3.05, 3.63) is 59.2 Å². The number of hydrogen-bond donors (Lipinski definition) is 2. The van der Waals surface area contributed by atoms with Crippen LogP contribution in [0.15, 0.2) is 41.3 Å². The van der Waals surface area contributed by atoms with E-state index in [1.54, 1.807) is 19.9 Å². The largest absolute Gasteiger partial charge is 0.322 e. The lowest BCUT2D eigenvalue weighted by molar-refractivity contribution is 0.102. The van der Waals surface area contributed by atoms with Crippen molar-refractivity contribution < 1.29 is 17.6 Å². The van der Waals surface area contributed by atoms with Gasteiger partial charge in [0, 0.05) is 11.3 Å². The van der Waals surface area contributed by atoms with Gasteiger partial charge in [0.2, 0.25) is 10.0 Å². The van der Waals surface area contributed by atoms with Crippen LogP contribution in [0.1, 0.15) is 21.7 Å². The number of halogens is 1. The molecule has 28 heavy (non-hydrogen) atoms. The standard InChI is InChI=1S/C17H17FN6O3S/c1-10-4-6-13(28(26,27)19-3)9-14(10)17(25)20-12-5-7-15(18)16(8-12)24-11(2)21-22-23-24/h4-9,19H,1-3H3,(H,20,25). The van der Waals surface area contributed by atoms with Crippen molar-refractivity contribution in [1.29, 1.82) is 0 Å². The summed E-state index contributed by atoms with van der Waals surface area (Å²) in [6.07, 6.45) is 0. The number of nitrogens with zero attached hydrogens (tertiary/aromatic N) is 4. The molecule has 1 amide bonds. The molecule has 1 aromatic heterocycles. The normalized spacial score (nSPS) is 11.4. The number of rotatable bonds is 5. The van der Waals surface area contributed by atoms with Gasteiger partial charge in [0.25, 0.3) is 5.91 Å². The lowest BCUT2D eigenvalue weighted by atomic mass is 10.1. The Hall–Kier alpha value is -3.18. The number of nitrogens with one attached hydrogen (secondary N) is 2. The maximum Gasteiger partial charge on any atom is 0.255 e. The zero-order valence-corrected chi connectivity index (χ0v) is 16.1. The Balaban J connectivity index is 1.94. The molecular weight excluding hydrogens is 387 g/mol. The van der Waals surface area contributed by atoms with Gasteiger partial charge in [-0.2, -0.15) is 4.68 Å². The predicted octanol–water partition coefficient (Wildman–Crippen LogP) is 1.58. The molecule has 3 rings (SSSR count). The van der Waals surface area contributed by atoms with Gasteiger partial charge in [-0.3, -0.25) is 4.79 Å². The maximum absolute atomic E-state index is 14.2. The Morgan fingerprint density at radius 3 is 2.54 bits per heavy atom. The fraction of sp³-hybridized carbons (Fsp3) is 0.176. The first-order valence-electron chi connectivity index (χ1n) is 8.13. The smallest absolute Gasteiger partial charge is 0.255 e. The number of benzene rings is 2. The summed E-state index contributed by atoms with van der Waals surface area (Å²) in [7, 11) is -2.41. The first-order valence-corrected chi connectivity index (χ1v) is 9.61. The average molecular weight is 404 g/mol. The van der Waals surface area contributed by atoms with Crippen LogP contribution in [0.4, 0.5) is 10.1 Å². The molecule has 11 heteroatoms. The van der Waals surface area contributed by atoms with Gasteiger partial charge < -0.3 is 5.32 Å². The number of anilines is 1. The molecular formula is C17H17FN6O3S. The summed E-state index contributed by atoms with van der Waals surface area (Å²) < 4.78 is 41.5.